The molecule has 0 aliphatic carbocycles. The molecule has 0 heterocycles. The van der Waals surface area contributed by atoms with E-state index in [-0.39, 0.29) is 17.2 Å². The number of benzene rings is 1. The number of para-hydroxylation sites is 1. The van der Waals surface area contributed by atoms with Crippen molar-refractivity contribution in [1.82, 2.24) is 0 Å². The largest absolute Gasteiger partial charge is 0.506 e. The molecule has 1 N–H and O–H groups in total. The standard InChI is InChI=1S/C8H7ClO2/c9-7-3-1-2-6(4-5-10)8(7)11/h1-3,5,11H,4H2. The van der Waals surface area contributed by atoms with Gasteiger partial charge in [-0.1, -0.05) is 23.7 Å². The summed E-state index contributed by atoms with van der Waals surface area (Å²) in [5, 5.41) is 9.52. The molecule has 1 aromatic rings. The molecule has 11 heavy (non-hydrogen) atoms. The number of halogens is 1. The van der Waals surface area contributed by atoms with Crippen molar-refractivity contribution >= 4 is 17.9 Å². The van der Waals surface area contributed by atoms with E-state index < -0.39 is 0 Å². The molecule has 0 aliphatic rings. The summed E-state index contributed by atoms with van der Waals surface area (Å²) in [5.41, 5.74) is 0.563. The summed E-state index contributed by atoms with van der Waals surface area (Å²) in [5.74, 6) is 0.00117. The van der Waals surface area contributed by atoms with Crippen LogP contribution in [0.3, 0.4) is 0 Å². The molecule has 0 saturated heterocycles. The average Bonchev–Trinajstić information content (AvgIpc) is 1.99. The molecule has 0 radical (unpaired) electrons. The number of carbonyl (C=O) groups excluding carboxylic acids is 1. The fraction of sp³-hybridized carbons (Fsp3) is 0.125. The summed E-state index contributed by atoms with van der Waals surface area (Å²) in [6, 6.07) is 4.93. The van der Waals surface area contributed by atoms with Gasteiger partial charge in [-0.2, -0.15) is 0 Å². The summed E-state index contributed by atoms with van der Waals surface area (Å²) in [4.78, 5) is 10.1. The number of phenols is 1. The smallest absolute Gasteiger partial charge is 0.137 e. The quantitative estimate of drug-likeness (QED) is 0.688. The van der Waals surface area contributed by atoms with Crippen LogP contribution >= 0.6 is 11.6 Å². The highest BCUT2D eigenvalue weighted by molar-refractivity contribution is 6.32. The lowest BCUT2D eigenvalue weighted by Crippen LogP contribution is -1.86. The van der Waals surface area contributed by atoms with Crippen molar-refractivity contribution in [2.75, 3.05) is 0 Å². The van der Waals surface area contributed by atoms with E-state index >= 15 is 0 Å². The highest BCUT2D eigenvalue weighted by Gasteiger charge is 2.02. The number of hydrogen-bond donors (Lipinski definition) is 1. The van der Waals surface area contributed by atoms with Crippen molar-refractivity contribution < 1.29 is 9.90 Å². The molecular weight excluding hydrogens is 164 g/mol. The Kier molecular flexibility index (Phi) is 2.49. The minimum atomic E-state index is 0.00117. The van der Waals surface area contributed by atoms with Crippen LogP contribution in [0.1, 0.15) is 5.56 Å². The van der Waals surface area contributed by atoms with Crippen molar-refractivity contribution in [2.24, 2.45) is 0 Å². The Bertz CT molecular complexity index is 271. The van der Waals surface area contributed by atoms with E-state index in [1.165, 1.54) is 0 Å². The van der Waals surface area contributed by atoms with Crippen LogP contribution in [-0.4, -0.2) is 11.4 Å². The topological polar surface area (TPSA) is 37.3 Å². The summed E-state index contributed by atoms with van der Waals surface area (Å²) < 4.78 is 0. The fourth-order valence-electron chi connectivity index (χ4n) is 0.814. The van der Waals surface area contributed by atoms with Crippen LogP contribution in [0.15, 0.2) is 18.2 Å². The van der Waals surface area contributed by atoms with Gasteiger partial charge in [-0.3, -0.25) is 0 Å². The third-order valence-corrected chi connectivity index (χ3v) is 1.68. The van der Waals surface area contributed by atoms with Crippen LogP contribution in [0.25, 0.3) is 0 Å². The molecule has 58 valence electrons. The first kappa shape index (κ1) is 8.08. The predicted molar refractivity (Wildman–Crippen MR) is 42.9 cm³/mol. The molecule has 0 spiro atoms. The van der Waals surface area contributed by atoms with Crippen LogP contribution < -0.4 is 0 Å². The molecule has 0 fully saturated rings. The molecule has 0 amide bonds. The molecule has 0 saturated carbocycles. The van der Waals surface area contributed by atoms with Gasteiger partial charge < -0.3 is 9.90 Å². The Hall–Kier alpha value is -1.02. The zero-order valence-corrected chi connectivity index (χ0v) is 6.51. The fourth-order valence-corrected chi connectivity index (χ4v) is 1.01. The molecule has 0 atom stereocenters. The van der Waals surface area contributed by atoms with E-state index in [0.717, 1.165) is 6.29 Å². The number of aromatic hydroxyl groups is 1. The lowest BCUT2D eigenvalue weighted by Gasteiger charge is -2.00. The normalized spacial score (nSPS) is 9.55. The second-order valence-electron chi connectivity index (χ2n) is 2.12. The first-order chi connectivity index (χ1) is 5.25. The molecule has 0 aromatic heterocycles. The number of aldehydes is 1. The summed E-state index contributed by atoms with van der Waals surface area (Å²) >= 11 is 5.58. The number of hydrogen-bond acceptors (Lipinski definition) is 2. The summed E-state index contributed by atoms with van der Waals surface area (Å²) in [7, 11) is 0. The van der Waals surface area contributed by atoms with Gasteiger partial charge in [0.2, 0.25) is 0 Å². The minimum Gasteiger partial charge on any atom is -0.506 e. The molecule has 0 bridgehead atoms. The minimum absolute atomic E-state index is 0.00117. The van der Waals surface area contributed by atoms with Crippen LogP contribution in [0.2, 0.25) is 5.02 Å². The van der Waals surface area contributed by atoms with Gasteiger partial charge in [0, 0.05) is 12.0 Å². The van der Waals surface area contributed by atoms with Gasteiger partial charge in [0.05, 0.1) is 5.02 Å². The SMILES string of the molecule is O=CCc1cccc(Cl)c1O. The molecule has 1 aromatic carbocycles. The van der Waals surface area contributed by atoms with Gasteiger partial charge in [-0.25, -0.2) is 0 Å². The Morgan fingerprint density at radius 2 is 2.27 bits per heavy atom. The number of phenolic OH excluding ortho intramolecular Hbond substituents is 1. The summed E-state index contributed by atoms with van der Waals surface area (Å²) in [6.07, 6.45) is 0.928. The van der Waals surface area contributed by atoms with E-state index in [1.54, 1.807) is 18.2 Å². The van der Waals surface area contributed by atoms with Gasteiger partial charge in [0.25, 0.3) is 0 Å². The third kappa shape index (κ3) is 1.71. The van der Waals surface area contributed by atoms with E-state index in [4.69, 9.17) is 11.6 Å². The first-order valence-electron chi connectivity index (χ1n) is 3.15. The molecule has 3 heteroatoms. The molecule has 2 nitrogen and oxygen atoms in total. The van der Waals surface area contributed by atoms with Crippen molar-refractivity contribution in [3.63, 3.8) is 0 Å². The van der Waals surface area contributed by atoms with Crippen molar-refractivity contribution in [2.45, 2.75) is 6.42 Å². The number of rotatable bonds is 2. The van der Waals surface area contributed by atoms with E-state index in [9.17, 15) is 9.90 Å². The van der Waals surface area contributed by atoms with E-state index in [2.05, 4.69) is 0 Å². The lowest BCUT2D eigenvalue weighted by molar-refractivity contribution is -0.107. The van der Waals surface area contributed by atoms with Crippen molar-refractivity contribution in [3.05, 3.63) is 28.8 Å². The predicted octanol–water partition coefficient (Wildman–Crippen LogP) is 1.79. The van der Waals surface area contributed by atoms with Crippen molar-refractivity contribution in [3.8, 4) is 5.75 Å². The Morgan fingerprint density at radius 1 is 1.55 bits per heavy atom. The zero-order valence-electron chi connectivity index (χ0n) is 5.75. The maximum atomic E-state index is 10.1. The maximum Gasteiger partial charge on any atom is 0.137 e. The molecule has 1 rings (SSSR count). The van der Waals surface area contributed by atoms with Gasteiger partial charge in [0.1, 0.15) is 12.0 Å². The maximum absolute atomic E-state index is 10.1. The third-order valence-electron chi connectivity index (χ3n) is 1.37. The Balaban J connectivity index is 3.05. The van der Waals surface area contributed by atoms with Crippen LogP contribution in [-0.2, 0) is 11.2 Å². The van der Waals surface area contributed by atoms with Gasteiger partial charge in [-0.15, -0.1) is 0 Å². The Morgan fingerprint density at radius 3 is 2.91 bits per heavy atom. The molecular formula is C8H7ClO2. The van der Waals surface area contributed by atoms with Crippen LogP contribution in [0, 0.1) is 0 Å². The van der Waals surface area contributed by atoms with E-state index in [1.807, 2.05) is 0 Å². The first-order valence-corrected chi connectivity index (χ1v) is 3.53. The molecule has 0 unspecified atom stereocenters. The lowest BCUT2D eigenvalue weighted by atomic mass is 10.1. The second-order valence-corrected chi connectivity index (χ2v) is 2.53. The van der Waals surface area contributed by atoms with E-state index in [0.29, 0.717) is 5.56 Å². The van der Waals surface area contributed by atoms with Crippen LogP contribution in [0.5, 0.6) is 5.75 Å². The summed E-state index contributed by atoms with van der Waals surface area (Å²) in [6.45, 7) is 0. The van der Waals surface area contributed by atoms with Gasteiger partial charge >= 0.3 is 0 Å². The van der Waals surface area contributed by atoms with Gasteiger partial charge in [-0.05, 0) is 6.07 Å². The zero-order chi connectivity index (χ0) is 8.27. The van der Waals surface area contributed by atoms with Crippen LogP contribution in [0.4, 0.5) is 0 Å². The highest BCUT2D eigenvalue weighted by atomic mass is 35.5. The van der Waals surface area contributed by atoms with Crippen molar-refractivity contribution in [1.29, 1.82) is 0 Å². The molecule has 0 aliphatic heterocycles. The van der Waals surface area contributed by atoms with Gasteiger partial charge in [0.15, 0.2) is 0 Å². The highest BCUT2D eigenvalue weighted by Crippen LogP contribution is 2.26. The second kappa shape index (κ2) is 3.39. The Labute approximate surface area is 69.4 Å². The number of carbonyl (C=O) groups is 1. The monoisotopic (exact) mass is 170 g/mol. The average molecular weight is 171 g/mol.